The molecule has 108 valence electrons. The van der Waals surface area contributed by atoms with Crippen LogP contribution >= 0.6 is 0 Å². The quantitative estimate of drug-likeness (QED) is 0.850. The third kappa shape index (κ3) is 1.96. The van der Waals surface area contributed by atoms with Crippen molar-refractivity contribution in [2.24, 2.45) is 0 Å². The van der Waals surface area contributed by atoms with Crippen LogP contribution in [0.4, 0.5) is 0 Å². The highest BCUT2D eigenvalue weighted by Gasteiger charge is 2.45. The number of carbonyl (C=O) groups is 1. The van der Waals surface area contributed by atoms with Crippen LogP contribution in [0.15, 0.2) is 10.9 Å². The van der Waals surface area contributed by atoms with Gasteiger partial charge in [0.05, 0.1) is 18.9 Å². The average Bonchev–Trinajstić information content (AvgIpc) is 2.99. The summed E-state index contributed by atoms with van der Waals surface area (Å²) >= 11 is 0. The van der Waals surface area contributed by atoms with Gasteiger partial charge in [-0.1, -0.05) is 0 Å². The Bertz CT molecular complexity index is 614. The summed E-state index contributed by atoms with van der Waals surface area (Å²) in [5.41, 5.74) is 2.21. The Morgan fingerprint density at radius 2 is 2.15 bits per heavy atom. The van der Waals surface area contributed by atoms with Crippen molar-refractivity contribution >= 4 is 5.91 Å². The van der Waals surface area contributed by atoms with Crippen LogP contribution in [0.1, 0.15) is 30.2 Å². The minimum atomic E-state index is -0.740. The van der Waals surface area contributed by atoms with Crippen molar-refractivity contribution in [3.05, 3.63) is 33.2 Å². The fraction of sp³-hybridized carbons (Fsp3) is 0.571. The fourth-order valence-electron chi connectivity index (χ4n) is 2.91. The van der Waals surface area contributed by atoms with Crippen molar-refractivity contribution in [3.63, 3.8) is 0 Å². The van der Waals surface area contributed by atoms with E-state index in [4.69, 9.17) is 9.47 Å². The zero-order valence-electron chi connectivity index (χ0n) is 11.7. The summed E-state index contributed by atoms with van der Waals surface area (Å²) in [6, 6.07) is 1.94. The van der Waals surface area contributed by atoms with Crippen molar-refractivity contribution in [2.75, 3.05) is 13.2 Å². The number of amides is 1. The van der Waals surface area contributed by atoms with Gasteiger partial charge >= 0.3 is 0 Å². The minimum Gasteiger partial charge on any atom is -0.352 e. The topological polar surface area (TPSA) is 69.6 Å². The molecule has 0 atom stereocenters. The van der Waals surface area contributed by atoms with Crippen LogP contribution in [-0.2, 0) is 33.1 Å². The van der Waals surface area contributed by atoms with E-state index in [1.165, 1.54) is 6.92 Å². The molecule has 0 saturated carbocycles. The fourth-order valence-corrected chi connectivity index (χ4v) is 2.91. The molecule has 6 nitrogen and oxygen atoms in total. The third-order valence-corrected chi connectivity index (χ3v) is 3.95. The number of aromatic nitrogens is 1. The highest BCUT2D eigenvalue weighted by molar-refractivity contribution is 5.72. The molecule has 1 aromatic heterocycles. The maximum Gasteiger partial charge on any atom is 0.256 e. The minimum absolute atomic E-state index is 0.0651. The molecule has 1 N–H and O–H groups in total. The lowest BCUT2D eigenvalue weighted by Crippen LogP contribution is -2.32. The molecule has 0 aromatic carbocycles. The first-order valence-electron chi connectivity index (χ1n) is 6.80. The molecule has 1 spiro atoms. The number of ether oxygens (including phenoxy) is 2. The maximum atomic E-state index is 12.5. The monoisotopic (exact) mass is 278 g/mol. The van der Waals surface area contributed by atoms with Crippen LogP contribution in [-0.4, -0.2) is 23.7 Å². The molecular weight excluding hydrogens is 260 g/mol. The zero-order chi connectivity index (χ0) is 14.3. The van der Waals surface area contributed by atoms with Gasteiger partial charge in [0.25, 0.3) is 5.56 Å². The van der Waals surface area contributed by atoms with Crippen molar-refractivity contribution in [2.45, 2.75) is 39.1 Å². The Kier molecular flexibility index (Phi) is 3.14. The van der Waals surface area contributed by atoms with E-state index in [0.29, 0.717) is 31.7 Å². The molecule has 0 unspecified atom stereocenters. The van der Waals surface area contributed by atoms with Crippen LogP contribution in [0, 0.1) is 6.92 Å². The van der Waals surface area contributed by atoms with Gasteiger partial charge in [-0.05, 0) is 18.6 Å². The van der Waals surface area contributed by atoms with E-state index >= 15 is 0 Å². The molecule has 1 amide bonds. The summed E-state index contributed by atoms with van der Waals surface area (Å²) in [6.07, 6.45) is 0.658. The Labute approximate surface area is 116 Å². The van der Waals surface area contributed by atoms with Crippen LogP contribution in [0.5, 0.6) is 0 Å². The number of nitrogens with one attached hydrogen (secondary N) is 1. The van der Waals surface area contributed by atoms with Gasteiger partial charge in [0.2, 0.25) is 11.7 Å². The summed E-state index contributed by atoms with van der Waals surface area (Å²) in [6.45, 7) is 5.27. The summed E-state index contributed by atoms with van der Waals surface area (Å²) in [5, 5.41) is 2.68. The lowest BCUT2D eigenvalue weighted by atomic mass is 10.1. The molecule has 1 saturated heterocycles. The molecule has 1 fully saturated rings. The van der Waals surface area contributed by atoms with Crippen molar-refractivity contribution in [1.82, 2.24) is 9.88 Å². The van der Waals surface area contributed by atoms with Crippen LogP contribution in [0.25, 0.3) is 0 Å². The maximum absolute atomic E-state index is 12.5. The van der Waals surface area contributed by atoms with Gasteiger partial charge in [0, 0.05) is 32.0 Å². The summed E-state index contributed by atoms with van der Waals surface area (Å²) in [5.74, 6) is -0.885. The van der Waals surface area contributed by atoms with Crippen molar-refractivity contribution in [3.8, 4) is 0 Å². The van der Waals surface area contributed by atoms with E-state index < -0.39 is 5.79 Å². The van der Waals surface area contributed by atoms with E-state index in [9.17, 15) is 9.59 Å². The number of pyridine rings is 1. The van der Waals surface area contributed by atoms with Gasteiger partial charge in [0.1, 0.15) is 0 Å². The predicted molar refractivity (Wildman–Crippen MR) is 71.2 cm³/mol. The van der Waals surface area contributed by atoms with E-state index in [1.807, 2.05) is 13.0 Å². The number of fused-ring (bicyclic) bond motifs is 2. The van der Waals surface area contributed by atoms with E-state index in [2.05, 4.69) is 5.32 Å². The van der Waals surface area contributed by atoms with E-state index in [1.54, 1.807) is 4.57 Å². The van der Waals surface area contributed by atoms with Crippen LogP contribution in [0.2, 0.25) is 0 Å². The van der Waals surface area contributed by atoms with Gasteiger partial charge in [-0.25, -0.2) is 0 Å². The molecule has 1 aromatic rings. The molecule has 0 aliphatic carbocycles. The first-order chi connectivity index (χ1) is 9.53. The second-order valence-electron chi connectivity index (χ2n) is 5.26. The molecule has 2 aliphatic rings. The van der Waals surface area contributed by atoms with Crippen LogP contribution in [0.3, 0.4) is 0 Å². The highest BCUT2D eigenvalue weighted by atomic mass is 16.7. The summed E-state index contributed by atoms with van der Waals surface area (Å²) in [4.78, 5) is 23.6. The van der Waals surface area contributed by atoms with E-state index in [0.717, 1.165) is 11.3 Å². The number of rotatable bonds is 2. The lowest BCUT2D eigenvalue weighted by Gasteiger charge is -2.22. The van der Waals surface area contributed by atoms with E-state index in [-0.39, 0.29) is 18.0 Å². The largest absolute Gasteiger partial charge is 0.352 e. The first kappa shape index (κ1) is 13.3. The number of hydrogen-bond donors (Lipinski definition) is 1. The Morgan fingerprint density at radius 1 is 1.45 bits per heavy atom. The summed E-state index contributed by atoms with van der Waals surface area (Å²) < 4.78 is 13.2. The lowest BCUT2D eigenvalue weighted by molar-refractivity contribution is -0.163. The SMILES string of the molecule is CC(=O)NCc1c(C)cc2n(c1=O)CCC21OCCO1. The molecule has 0 radical (unpaired) electrons. The van der Waals surface area contributed by atoms with Gasteiger partial charge < -0.3 is 19.4 Å². The van der Waals surface area contributed by atoms with Gasteiger partial charge in [0.15, 0.2) is 0 Å². The van der Waals surface area contributed by atoms with Crippen molar-refractivity contribution in [1.29, 1.82) is 0 Å². The molecule has 0 bridgehead atoms. The van der Waals surface area contributed by atoms with Gasteiger partial charge in [-0.3, -0.25) is 9.59 Å². The Morgan fingerprint density at radius 3 is 2.80 bits per heavy atom. The molecule has 6 heteroatoms. The van der Waals surface area contributed by atoms with Gasteiger partial charge in [-0.2, -0.15) is 0 Å². The Hall–Kier alpha value is -1.66. The molecule has 20 heavy (non-hydrogen) atoms. The molecule has 3 rings (SSSR count). The number of aryl methyl sites for hydroxylation is 1. The molecular formula is C14H18N2O4. The number of nitrogens with zero attached hydrogens (tertiary/aromatic N) is 1. The second kappa shape index (κ2) is 4.71. The van der Waals surface area contributed by atoms with Crippen LogP contribution < -0.4 is 10.9 Å². The normalized spacial score (nSPS) is 19.3. The van der Waals surface area contributed by atoms with Crippen molar-refractivity contribution < 1.29 is 14.3 Å². The average molecular weight is 278 g/mol. The first-order valence-corrected chi connectivity index (χ1v) is 6.80. The smallest absolute Gasteiger partial charge is 0.256 e. The predicted octanol–water partition coefficient (Wildman–Crippen LogP) is 0.396. The number of carbonyl (C=O) groups excluding carboxylic acids is 1. The summed E-state index contributed by atoms with van der Waals surface area (Å²) in [7, 11) is 0. The molecule has 2 aliphatic heterocycles. The molecule has 3 heterocycles. The number of hydrogen-bond acceptors (Lipinski definition) is 4. The Balaban J connectivity index is 2.03. The highest BCUT2D eigenvalue weighted by Crippen LogP contribution is 2.39. The standard InChI is InChI=1S/C14H18N2O4/c1-9-7-12-14(19-5-6-20-14)3-4-16(12)13(18)11(9)8-15-10(2)17/h7H,3-6,8H2,1-2H3,(H,15,17). The van der Waals surface area contributed by atoms with Gasteiger partial charge in [-0.15, -0.1) is 0 Å². The third-order valence-electron chi connectivity index (χ3n) is 3.95. The second-order valence-corrected chi connectivity index (χ2v) is 5.26. The zero-order valence-corrected chi connectivity index (χ0v) is 11.7.